The Morgan fingerprint density at radius 1 is 1.27 bits per heavy atom. The van der Waals surface area contributed by atoms with E-state index in [1.54, 1.807) is 19.1 Å². The fourth-order valence-corrected chi connectivity index (χ4v) is 2.69. The molecule has 0 aliphatic rings. The number of guanidine groups is 1. The third kappa shape index (κ3) is 10.1. The molecule has 0 aliphatic heterocycles. The molecule has 6 nitrogen and oxygen atoms in total. The summed E-state index contributed by atoms with van der Waals surface area (Å²) >= 11 is 0. The molecular formula is C17H29FIN3O3S. The molecule has 1 aromatic rings. The second kappa shape index (κ2) is 13.1. The van der Waals surface area contributed by atoms with Crippen molar-refractivity contribution < 1.29 is 17.5 Å². The number of rotatable bonds is 10. The maximum absolute atomic E-state index is 13.2. The Labute approximate surface area is 172 Å². The molecule has 9 heteroatoms. The van der Waals surface area contributed by atoms with Gasteiger partial charge in [0, 0.05) is 24.9 Å². The summed E-state index contributed by atoms with van der Waals surface area (Å²) in [7, 11) is -3.02. The molecule has 1 atom stereocenters. The molecular weight excluding hydrogens is 472 g/mol. The van der Waals surface area contributed by atoms with E-state index in [9.17, 15) is 12.8 Å². The molecule has 0 fully saturated rings. The van der Waals surface area contributed by atoms with E-state index in [0.29, 0.717) is 37.8 Å². The Morgan fingerprint density at radius 2 is 2.00 bits per heavy atom. The van der Waals surface area contributed by atoms with E-state index in [-0.39, 0.29) is 47.4 Å². The minimum atomic E-state index is -3.02. The summed E-state index contributed by atoms with van der Waals surface area (Å²) in [4.78, 5) is 4.43. The van der Waals surface area contributed by atoms with E-state index in [4.69, 9.17) is 4.74 Å². The van der Waals surface area contributed by atoms with Crippen LogP contribution in [0.1, 0.15) is 27.2 Å². The van der Waals surface area contributed by atoms with Gasteiger partial charge in [-0.1, -0.05) is 19.9 Å². The number of nitrogens with one attached hydrogen (secondary N) is 2. The Balaban J connectivity index is 0.00000625. The first-order valence-electron chi connectivity index (χ1n) is 8.55. The number of nitrogens with zero attached hydrogens (tertiary/aromatic N) is 1. The molecule has 0 spiro atoms. The van der Waals surface area contributed by atoms with E-state index in [1.165, 1.54) is 12.1 Å². The number of hydrogen-bond donors (Lipinski definition) is 2. The van der Waals surface area contributed by atoms with Gasteiger partial charge in [0.15, 0.2) is 15.8 Å². The van der Waals surface area contributed by atoms with Gasteiger partial charge in [0.1, 0.15) is 17.7 Å². The predicted octanol–water partition coefficient (Wildman–Crippen LogP) is 2.59. The molecule has 0 saturated carbocycles. The molecule has 0 saturated heterocycles. The second-order valence-corrected chi connectivity index (χ2v) is 7.96. The van der Waals surface area contributed by atoms with Crippen LogP contribution in [0, 0.1) is 5.82 Å². The van der Waals surface area contributed by atoms with Crippen LogP contribution < -0.4 is 15.4 Å². The third-order valence-corrected chi connectivity index (χ3v) is 5.20. The van der Waals surface area contributed by atoms with Crippen LogP contribution in [-0.2, 0) is 9.84 Å². The first kappa shape index (κ1) is 24.9. The molecule has 0 radical (unpaired) electrons. The van der Waals surface area contributed by atoms with E-state index in [0.717, 1.165) is 0 Å². The predicted molar refractivity (Wildman–Crippen MR) is 115 cm³/mol. The van der Waals surface area contributed by atoms with Crippen molar-refractivity contribution in [1.82, 2.24) is 10.6 Å². The van der Waals surface area contributed by atoms with Crippen LogP contribution in [0.3, 0.4) is 0 Å². The summed E-state index contributed by atoms with van der Waals surface area (Å²) in [5, 5.41) is 6.08. The highest BCUT2D eigenvalue weighted by molar-refractivity contribution is 14.0. The first-order chi connectivity index (χ1) is 11.9. The maximum atomic E-state index is 13.2. The van der Waals surface area contributed by atoms with E-state index >= 15 is 0 Å². The fraction of sp³-hybridized carbons (Fsp3) is 0.588. The Kier molecular flexibility index (Phi) is 12.6. The van der Waals surface area contributed by atoms with Crippen LogP contribution in [0.2, 0.25) is 0 Å². The van der Waals surface area contributed by atoms with E-state index < -0.39 is 9.84 Å². The molecule has 1 rings (SSSR count). The minimum absolute atomic E-state index is 0. The highest BCUT2D eigenvalue weighted by atomic mass is 127. The standard InChI is InChI=1S/C17H28FN3O3S.HI/c1-4-15(24-16-9-7-8-14(18)12-16)13-21-17(19-5-2)20-10-11-25(22,23)6-3;/h7-9,12,15H,4-6,10-11,13H2,1-3H3,(H2,19,20,21);1H. The number of benzene rings is 1. The molecule has 2 N–H and O–H groups in total. The van der Waals surface area contributed by atoms with Gasteiger partial charge in [-0.3, -0.25) is 0 Å². The fourth-order valence-electron chi connectivity index (χ4n) is 1.99. The first-order valence-corrected chi connectivity index (χ1v) is 10.4. The van der Waals surface area contributed by atoms with Gasteiger partial charge >= 0.3 is 0 Å². The average molecular weight is 501 g/mol. The number of ether oxygens (including phenoxy) is 1. The van der Waals surface area contributed by atoms with Crippen LogP contribution in [0.15, 0.2) is 29.3 Å². The normalized spacial score (nSPS) is 12.8. The largest absolute Gasteiger partial charge is 0.488 e. The molecule has 1 unspecified atom stereocenters. The second-order valence-electron chi connectivity index (χ2n) is 5.49. The van der Waals surface area contributed by atoms with Crippen LogP contribution in [0.4, 0.5) is 4.39 Å². The molecule has 0 bridgehead atoms. The van der Waals surface area contributed by atoms with Crippen LogP contribution in [-0.4, -0.2) is 51.6 Å². The van der Waals surface area contributed by atoms with Crippen molar-refractivity contribution in [3.8, 4) is 5.75 Å². The Hall–Kier alpha value is -1.10. The van der Waals surface area contributed by atoms with Crippen molar-refractivity contribution in [1.29, 1.82) is 0 Å². The van der Waals surface area contributed by atoms with Gasteiger partial charge in [0.05, 0.1) is 12.3 Å². The van der Waals surface area contributed by atoms with Gasteiger partial charge in [-0.2, -0.15) is 0 Å². The zero-order valence-electron chi connectivity index (χ0n) is 15.5. The summed E-state index contributed by atoms with van der Waals surface area (Å²) in [6, 6.07) is 6.00. The molecule has 1 aromatic carbocycles. The van der Waals surface area contributed by atoms with Crippen LogP contribution >= 0.6 is 24.0 Å². The van der Waals surface area contributed by atoms with E-state index in [1.807, 2.05) is 13.8 Å². The minimum Gasteiger partial charge on any atom is -0.488 e. The van der Waals surface area contributed by atoms with Gasteiger partial charge in [-0.15, -0.1) is 24.0 Å². The van der Waals surface area contributed by atoms with Crippen LogP contribution in [0.25, 0.3) is 0 Å². The number of aliphatic imine (C=N–C) groups is 1. The number of hydrogen-bond acceptors (Lipinski definition) is 4. The average Bonchev–Trinajstić information content (AvgIpc) is 2.58. The zero-order chi connectivity index (χ0) is 18.7. The lowest BCUT2D eigenvalue weighted by molar-refractivity contribution is 0.205. The molecule has 0 amide bonds. The van der Waals surface area contributed by atoms with Crippen molar-refractivity contribution in [2.45, 2.75) is 33.3 Å². The molecule has 0 aliphatic carbocycles. The topological polar surface area (TPSA) is 79.8 Å². The summed E-state index contributed by atoms with van der Waals surface area (Å²) < 4.78 is 42.0. The lowest BCUT2D eigenvalue weighted by Gasteiger charge is -2.17. The van der Waals surface area contributed by atoms with Gasteiger partial charge in [-0.05, 0) is 25.5 Å². The highest BCUT2D eigenvalue weighted by Gasteiger charge is 2.10. The van der Waals surface area contributed by atoms with Crippen molar-refractivity contribution in [2.75, 3.05) is 31.1 Å². The summed E-state index contributed by atoms with van der Waals surface area (Å²) in [6.07, 6.45) is 0.514. The molecule has 0 aromatic heterocycles. The molecule has 150 valence electrons. The van der Waals surface area contributed by atoms with Gasteiger partial charge in [-0.25, -0.2) is 17.8 Å². The van der Waals surface area contributed by atoms with Crippen molar-refractivity contribution in [3.63, 3.8) is 0 Å². The SMILES string of the molecule is CCNC(=NCC(CC)Oc1cccc(F)c1)NCCS(=O)(=O)CC.I. The highest BCUT2D eigenvalue weighted by Crippen LogP contribution is 2.15. The number of sulfone groups is 1. The summed E-state index contributed by atoms with van der Waals surface area (Å²) in [6.45, 7) is 6.86. The van der Waals surface area contributed by atoms with Crippen molar-refractivity contribution in [2.24, 2.45) is 4.99 Å². The Morgan fingerprint density at radius 3 is 2.58 bits per heavy atom. The zero-order valence-corrected chi connectivity index (χ0v) is 18.6. The van der Waals surface area contributed by atoms with Gasteiger partial charge < -0.3 is 15.4 Å². The monoisotopic (exact) mass is 501 g/mol. The summed E-state index contributed by atoms with van der Waals surface area (Å²) in [5.74, 6) is 0.847. The smallest absolute Gasteiger partial charge is 0.191 e. The van der Waals surface area contributed by atoms with Crippen molar-refractivity contribution in [3.05, 3.63) is 30.1 Å². The maximum Gasteiger partial charge on any atom is 0.191 e. The third-order valence-electron chi connectivity index (χ3n) is 3.50. The summed E-state index contributed by atoms with van der Waals surface area (Å²) in [5.41, 5.74) is 0. The lowest BCUT2D eigenvalue weighted by Crippen LogP contribution is -2.40. The van der Waals surface area contributed by atoms with Crippen LogP contribution in [0.5, 0.6) is 5.75 Å². The van der Waals surface area contributed by atoms with Gasteiger partial charge in [0.25, 0.3) is 0 Å². The quantitative estimate of drug-likeness (QED) is 0.293. The van der Waals surface area contributed by atoms with Gasteiger partial charge in [0.2, 0.25) is 0 Å². The number of halogens is 2. The lowest BCUT2D eigenvalue weighted by atomic mass is 10.2. The van der Waals surface area contributed by atoms with Crippen molar-refractivity contribution >= 4 is 39.8 Å². The van der Waals surface area contributed by atoms with E-state index in [2.05, 4.69) is 15.6 Å². The molecule has 26 heavy (non-hydrogen) atoms. The Bertz CT molecular complexity index is 656. The molecule has 0 heterocycles.